The minimum absolute atomic E-state index is 0.122. The predicted molar refractivity (Wildman–Crippen MR) is 65.2 cm³/mol. The second-order valence-electron chi connectivity index (χ2n) is 5.71. The van der Waals surface area contributed by atoms with Crippen LogP contribution in [0.2, 0.25) is 0 Å². The van der Waals surface area contributed by atoms with Gasteiger partial charge in [0.25, 0.3) is 0 Å². The zero-order valence-electron chi connectivity index (χ0n) is 11.2. The van der Waals surface area contributed by atoms with Gasteiger partial charge in [0.1, 0.15) is 0 Å². The molecule has 4 heteroatoms. The molecule has 0 aromatic heterocycles. The number of β-amino-alcohol motifs (C(OH)–C–C–N with tert-alkyl or cyclic N) is 1. The van der Waals surface area contributed by atoms with Crippen LogP contribution in [0.15, 0.2) is 0 Å². The predicted octanol–water partition coefficient (Wildman–Crippen LogP) is 1.57. The third kappa shape index (κ3) is 3.06. The molecule has 1 fully saturated rings. The van der Waals surface area contributed by atoms with Crippen molar-refractivity contribution in [2.75, 3.05) is 6.54 Å². The lowest BCUT2D eigenvalue weighted by atomic mass is 9.80. The minimum Gasteiger partial charge on any atom is -0.391 e. The monoisotopic (exact) mass is 241 g/mol. The molecule has 1 rings (SSSR count). The summed E-state index contributed by atoms with van der Waals surface area (Å²) in [5, 5.41) is 9.56. The van der Waals surface area contributed by atoms with Crippen LogP contribution in [0, 0.1) is 11.3 Å². The average molecular weight is 241 g/mol. The molecule has 2 atom stereocenters. The number of carbonyl (C=O) groups excluding carboxylic acids is 2. The van der Waals surface area contributed by atoms with Crippen molar-refractivity contribution in [1.29, 1.82) is 0 Å². The minimum atomic E-state index is -0.607. The van der Waals surface area contributed by atoms with Crippen LogP contribution < -0.4 is 0 Å². The van der Waals surface area contributed by atoms with Crippen molar-refractivity contribution >= 4 is 11.8 Å². The van der Waals surface area contributed by atoms with E-state index in [9.17, 15) is 14.7 Å². The second kappa shape index (κ2) is 5.17. The van der Waals surface area contributed by atoms with Crippen molar-refractivity contribution in [2.45, 2.75) is 53.1 Å². The highest BCUT2D eigenvalue weighted by atomic mass is 16.3. The van der Waals surface area contributed by atoms with Crippen LogP contribution in [-0.4, -0.2) is 34.5 Å². The van der Waals surface area contributed by atoms with E-state index in [1.165, 1.54) is 4.90 Å². The quantitative estimate of drug-likeness (QED) is 0.743. The first-order valence-corrected chi connectivity index (χ1v) is 6.33. The summed E-state index contributed by atoms with van der Waals surface area (Å²) >= 11 is 0. The molecular weight excluding hydrogens is 218 g/mol. The van der Waals surface area contributed by atoms with E-state index in [4.69, 9.17) is 0 Å². The molecule has 1 aliphatic rings. The summed E-state index contributed by atoms with van der Waals surface area (Å²) < 4.78 is 0. The molecule has 2 amide bonds. The molecule has 0 aromatic carbocycles. The van der Waals surface area contributed by atoms with Crippen molar-refractivity contribution in [2.24, 2.45) is 11.3 Å². The number of hydrogen-bond donors (Lipinski definition) is 1. The summed E-state index contributed by atoms with van der Waals surface area (Å²) in [6.07, 6.45) is 0.943. The molecule has 17 heavy (non-hydrogen) atoms. The van der Waals surface area contributed by atoms with Crippen LogP contribution >= 0.6 is 0 Å². The van der Waals surface area contributed by atoms with Crippen molar-refractivity contribution < 1.29 is 14.7 Å². The van der Waals surface area contributed by atoms with Gasteiger partial charge in [0.2, 0.25) is 11.8 Å². The Morgan fingerprint density at radius 2 is 2.00 bits per heavy atom. The highest BCUT2D eigenvalue weighted by Crippen LogP contribution is 2.38. The third-order valence-corrected chi connectivity index (χ3v) is 3.33. The van der Waals surface area contributed by atoms with E-state index in [1.807, 2.05) is 27.7 Å². The Morgan fingerprint density at radius 1 is 1.41 bits per heavy atom. The van der Waals surface area contributed by atoms with Gasteiger partial charge in [0.15, 0.2) is 0 Å². The van der Waals surface area contributed by atoms with Crippen molar-refractivity contribution in [3.05, 3.63) is 0 Å². The Labute approximate surface area is 103 Å². The number of amides is 2. The zero-order valence-corrected chi connectivity index (χ0v) is 11.2. The molecule has 0 spiro atoms. The van der Waals surface area contributed by atoms with Crippen LogP contribution in [0.4, 0.5) is 0 Å². The molecule has 1 saturated heterocycles. The summed E-state index contributed by atoms with van der Waals surface area (Å²) in [7, 11) is 0. The van der Waals surface area contributed by atoms with E-state index in [2.05, 4.69) is 0 Å². The van der Waals surface area contributed by atoms with Gasteiger partial charge in [-0.25, -0.2) is 0 Å². The fourth-order valence-electron chi connectivity index (χ4n) is 2.53. The SMILES string of the molecule is CC[C@H](O)CN1C(=O)C[C@](C)(CC(C)C)C1=O. The van der Waals surface area contributed by atoms with E-state index in [0.717, 1.165) is 6.42 Å². The first kappa shape index (κ1) is 14.2. The summed E-state index contributed by atoms with van der Waals surface area (Å²) in [5.41, 5.74) is -0.571. The number of imide groups is 1. The Morgan fingerprint density at radius 3 is 2.47 bits per heavy atom. The number of carbonyl (C=O) groups is 2. The maximum Gasteiger partial charge on any atom is 0.235 e. The molecule has 0 aromatic rings. The molecule has 1 heterocycles. The normalized spacial score (nSPS) is 27.1. The Hall–Kier alpha value is -0.900. The molecule has 0 unspecified atom stereocenters. The summed E-state index contributed by atoms with van der Waals surface area (Å²) in [6.45, 7) is 7.93. The number of aliphatic hydroxyl groups excluding tert-OH is 1. The average Bonchev–Trinajstić information content (AvgIpc) is 2.40. The van der Waals surface area contributed by atoms with Crippen LogP contribution in [0.5, 0.6) is 0 Å². The Kier molecular flexibility index (Phi) is 4.31. The molecule has 1 N–H and O–H groups in total. The maximum absolute atomic E-state index is 12.2. The van der Waals surface area contributed by atoms with Gasteiger partial charge >= 0.3 is 0 Å². The smallest absolute Gasteiger partial charge is 0.235 e. The van der Waals surface area contributed by atoms with Crippen LogP contribution in [0.3, 0.4) is 0 Å². The summed E-state index contributed by atoms with van der Waals surface area (Å²) in [6, 6.07) is 0. The molecule has 0 aliphatic carbocycles. The van der Waals surface area contributed by atoms with Crippen molar-refractivity contribution in [3.8, 4) is 0 Å². The maximum atomic E-state index is 12.2. The first-order valence-electron chi connectivity index (χ1n) is 6.33. The number of rotatable bonds is 5. The van der Waals surface area contributed by atoms with E-state index < -0.39 is 11.5 Å². The lowest BCUT2D eigenvalue weighted by Crippen LogP contribution is -2.39. The largest absolute Gasteiger partial charge is 0.391 e. The summed E-state index contributed by atoms with van der Waals surface area (Å²) in [4.78, 5) is 25.3. The molecule has 98 valence electrons. The van der Waals surface area contributed by atoms with Gasteiger partial charge in [-0.2, -0.15) is 0 Å². The van der Waals surface area contributed by atoms with Gasteiger partial charge < -0.3 is 5.11 Å². The number of hydrogen-bond acceptors (Lipinski definition) is 3. The lowest BCUT2D eigenvalue weighted by Gasteiger charge is -2.24. The van der Waals surface area contributed by atoms with Crippen LogP contribution in [0.1, 0.15) is 47.0 Å². The fraction of sp³-hybridized carbons (Fsp3) is 0.846. The molecule has 0 saturated carbocycles. The number of aliphatic hydroxyl groups is 1. The first-order chi connectivity index (χ1) is 7.80. The van der Waals surface area contributed by atoms with E-state index >= 15 is 0 Å². The number of likely N-dealkylation sites (tertiary alicyclic amines) is 1. The van der Waals surface area contributed by atoms with E-state index in [1.54, 1.807) is 0 Å². The molecular formula is C13H23NO3. The van der Waals surface area contributed by atoms with Crippen molar-refractivity contribution in [3.63, 3.8) is 0 Å². The molecule has 1 aliphatic heterocycles. The highest BCUT2D eigenvalue weighted by molar-refractivity contribution is 6.05. The van der Waals surface area contributed by atoms with Crippen molar-refractivity contribution in [1.82, 2.24) is 4.90 Å². The van der Waals surface area contributed by atoms with Gasteiger partial charge in [0.05, 0.1) is 18.1 Å². The van der Waals surface area contributed by atoms with Gasteiger partial charge in [-0.15, -0.1) is 0 Å². The van der Waals surface area contributed by atoms with Gasteiger partial charge in [0, 0.05) is 6.42 Å². The van der Waals surface area contributed by atoms with Gasteiger partial charge in [-0.05, 0) is 18.8 Å². The Balaban J connectivity index is 2.77. The lowest BCUT2D eigenvalue weighted by molar-refractivity contribution is -0.143. The van der Waals surface area contributed by atoms with Gasteiger partial charge in [-0.1, -0.05) is 27.7 Å². The topological polar surface area (TPSA) is 57.6 Å². The highest BCUT2D eigenvalue weighted by Gasteiger charge is 2.48. The van der Waals surface area contributed by atoms with Gasteiger partial charge in [-0.3, -0.25) is 14.5 Å². The van der Waals surface area contributed by atoms with Crippen LogP contribution in [0.25, 0.3) is 0 Å². The standard InChI is InChI=1S/C13H23NO3/c1-5-10(15)8-14-11(16)7-13(4,12(14)17)6-9(2)3/h9-10,15H,5-8H2,1-4H3/t10-,13-/m0/s1. The second-order valence-corrected chi connectivity index (χ2v) is 5.71. The Bertz CT molecular complexity index is 314. The third-order valence-electron chi connectivity index (χ3n) is 3.33. The number of nitrogens with zero attached hydrogens (tertiary/aromatic N) is 1. The van der Waals surface area contributed by atoms with E-state index in [-0.39, 0.29) is 24.8 Å². The molecule has 0 radical (unpaired) electrons. The zero-order chi connectivity index (χ0) is 13.2. The molecule has 0 bridgehead atoms. The molecule has 4 nitrogen and oxygen atoms in total. The summed E-state index contributed by atoms with van der Waals surface area (Å²) in [5.74, 6) is 0.113. The fourth-order valence-corrected chi connectivity index (χ4v) is 2.53. The van der Waals surface area contributed by atoms with Crippen LogP contribution in [-0.2, 0) is 9.59 Å². The van der Waals surface area contributed by atoms with E-state index in [0.29, 0.717) is 12.3 Å².